The van der Waals surface area contributed by atoms with Crippen molar-refractivity contribution in [3.05, 3.63) is 95.4 Å². The standard InChI is InChI=1S/C22H18F2N2O2/c1-25(13-15-4-2-6-17(23)10-15)22(27)20-12-21-19(8-9-28-21)26(20)14-16-5-3-7-18(24)11-16/h2-12H,13-14H2,1H3. The van der Waals surface area contributed by atoms with E-state index in [1.165, 1.54) is 29.2 Å². The van der Waals surface area contributed by atoms with Crippen LogP contribution in [0.15, 0.2) is 71.3 Å². The first kappa shape index (κ1) is 18.0. The lowest BCUT2D eigenvalue weighted by atomic mass is 10.2. The van der Waals surface area contributed by atoms with Gasteiger partial charge in [0.25, 0.3) is 5.91 Å². The number of benzene rings is 2. The normalized spacial score (nSPS) is 11.1. The van der Waals surface area contributed by atoms with Gasteiger partial charge in [-0.25, -0.2) is 8.78 Å². The maximum absolute atomic E-state index is 13.6. The van der Waals surface area contributed by atoms with Crippen molar-refractivity contribution in [2.24, 2.45) is 0 Å². The second-order valence-corrected chi connectivity index (χ2v) is 6.71. The molecule has 0 saturated heterocycles. The van der Waals surface area contributed by atoms with E-state index in [-0.39, 0.29) is 24.1 Å². The van der Waals surface area contributed by atoms with E-state index < -0.39 is 0 Å². The maximum Gasteiger partial charge on any atom is 0.270 e. The zero-order valence-corrected chi connectivity index (χ0v) is 15.2. The van der Waals surface area contributed by atoms with Crippen molar-refractivity contribution in [1.82, 2.24) is 9.47 Å². The summed E-state index contributed by atoms with van der Waals surface area (Å²) in [6.45, 7) is 0.596. The SMILES string of the molecule is CN(Cc1cccc(F)c1)C(=O)c1cc2occc2n1Cc1cccc(F)c1. The highest BCUT2D eigenvalue weighted by atomic mass is 19.1. The van der Waals surface area contributed by atoms with Gasteiger partial charge in [0, 0.05) is 32.3 Å². The lowest BCUT2D eigenvalue weighted by Gasteiger charge is -2.19. The van der Waals surface area contributed by atoms with Gasteiger partial charge in [0.1, 0.15) is 17.3 Å². The lowest BCUT2D eigenvalue weighted by molar-refractivity contribution is 0.0775. The highest BCUT2D eigenvalue weighted by Gasteiger charge is 2.21. The van der Waals surface area contributed by atoms with Gasteiger partial charge >= 0.3 is 0 Å². The monoisotopic (exact) mass is 380 g/mol. The van der Waals surface area contributed by atoms with Crippen LogP contribution in [0.5, 0.6) is 0 Å². The van der Waals surface area contributed by atoms with Gasteiger partial charge in [-0.3, -0.25) is 4.79 Å². The fourth-order valence-electron chi connectivity index (χ4n) is 3.32. The van der Waals surface area contributed by atoms with Crippen LogP contribution < -0.4 is 0 Å². The molecule has 2 aromatic carbocycles. The predicted octanol–water partition coefficient (Wildman–Crippen LogP) is 4.83. The summed E-state index contributed by atoms with van der Waals surface area (Å²) in [4.78, 5) is 14.6. The van der Waals surface area contributed by atoms with Gasteiger partial charge in [0.2, 0.25) is 0 Å². The van der Waals surface area contributed by atoms with Crippen LogP contribution in [0.3, 0.4) is 0 Å². The Morgan fingerprint density at radius 2 is 1.68 bits per heavy atom. The summed E-state index contributed by atoms with van der Waals surface area (Å²) in [5, 5.41) is 0. The molecule has 0 bridgehead atoms. The minimum atomic E-state index is -0.342. The molecule has 2 aromatic heterocycles. The van der Waals surface area contributed by atoms with Gasteiger partial charge in [-0.05, 0) is 35.4 Å². The summed E-state index contributed by atoms with van der Waals surface area (Å²) in [6, 6.07) is 15.9. The van der Waals surface area contributed by atoms with Gasteiger partial charge < -0.3 is 13.9 Å². The van der Waals surface area contributed by atoms with Crippen LogP contribution in [0.1, 0.15) is 21.6 Å². The fourth-order valence-corrected chi connectivity index (χ4v) is 3.32. The van der Waals surface area contributed by atoms with E-state index in [9.17, 15) is 13.6 Å². The van der Waals surface area contributed by atoms with Crippen molar-refractivity contribution in [3.63, 3.8) is 0 Å². The van der Waals surface area contributed by atoms with Crippen LogP contribution in [0.25, 0.3) is 11.1 Å². The molecule has 6 heteroatoms. The Kier molecular flexibility index (Phi) is 4.69. The molecule has 4 aromatic rings. The summed E-state index contributed by atoms with van der Waals surface area (Å²) >= 11 is 0. The molecule has 0 unspecified atom stereocenters. The first-order chi connectivity index (χ1) is 13.5. The van der Waals surface area contributed by atoms with Crippen molar-refractivity contribution in [1.29, 1.82) is 0 Å². The Morgan fingerprint density at radius 1 is 1.00 bits per heavy atom. The Balaban J connectivity index is 1.65. The molecule has 0 spiro atoms. The van der Waals surface area contributed by atoms with E-state index in [2.05, 4.69) is 0 Å². The Morgan fingerprint density at radius 3 is 2.39 bits per heavy atom. The van der Waals surface area contributed by atoms with E-state index in [0.717, 1.165) is 11.1 Å². The van der Waals surface area contributed by atoms with Crippen molar-refractivity contribution >= 4 is 17.0 Å². The number of furan rings is 1. The summed E-state index contributed by atoms with van der Waals surface area (Å²) in [5.41, 5.74) is 3.20. The minimum Gasteiger partial charge on any atom is -0.463 e. The topological polar surface area (TPSA) is 38.4 Å². The Hall–Kier alpha value is -3.41. The molecular formula is C22H18F2N2O2. The maximum atomic E-state index is 13.6. The number of halogens is 2. The zero-order valence-electron chi connectivity index (χ0n) is 15.2. The molecule has 0 radical (unpaired) electrons. The molecule has 4 nitrogen and oxygen atoms in total. The summed E-state index contributed by atoms with van der Waals surface area (Å²) in [5.74, 6) is -0.901. The first-order valence-electron chi connectivity index (χ1n) is 8.82. The minimum absolute atomic E-state index is 0.230. The average Bonchev–Trinajstić information content (AvgIpc) is 3.24. The van der Waals surface area contributed by atoms with E-state index in [4.69, 9.17) is 4.42 Å². The molecule has 4 rings (SSSR count). The zero-order chi connectivity index (χ0) is 19.7. The van der Waals surface area contributed by atoms with Crippen molar-refractivity contribution in [2.45, 2.75) is 13.1 Å². The number of amides is 1. The second kappa shape index (κ2) is 7.31. The van der Waals surface area contributed by atoms with Gasteiger partial charge in [-0.2, -0.15) is 0 Å². The van der Waals surface area contributed by atoms with Crippen LogP contribution in [-0.2, 0) is 13.1 Å². The smallest absolute Gasteiger partial charge is 0.270 e. The van der Waals surface area contributed by atoms with Gasteiger partial charge in [0.05, 0.1) is 11.8 Å². The molecule has 142 valence electrons. The lowest BCUT2D eigenvalue weighted by Crippen LogP contribution is -2.28. The fraction of sp³-hybridized carbons (Fsp3) is 0.136. The summed E-state index contributed by atoms with van der Waals surface area (Å²) in [6.07, 6.45) is 1.55. The number of rotatable bonds is 5. The Bertz CT molecular complexity index is 1150. The van der Waals surface area contributed by atoms with Gasteiger partial charge in [-0.15, -0.1) is 0 Å². The summed E-state index contributed by atoms with van der Waals surface area (Å²) < 4.78 is 34.3. The van der Waals surface area contributed by atoms with Crippen LogP contribution in [0, 0.1) is 11.6 Å². The third kappa shape index (κ3) is 3.53. The first-order valence-corrected chi connectivity index (χ1v) is 8.82. The summed E-state index contributed by atoms with van der Waals surface area (Å²) in [7, 11) is 1.66. The molecule has 0 aliphatic carbocycles. The molecule has 28 heavy (non-hydrogen) atoms. The quantitative estimate of drug-likeness (QED) is 0.497. The molecule has 2 heterocycles. The highest BCUT2D eigenvalue weighted by molar-refractivity contribution is 5.97. The van der Waals surface area contributed by atoms with E-state index in [0.29, 0.717) is 23.4 Å². The number of nitrogens with zero attached hydrogens (tertiary/aromatic N) is 2. The molecule has 1 amide bonds. The number of hydrogen-bond donors (Lipinski definition) is 0. The van der Waals surface area contributed by atoms with Gasteiger partial charge in [-0.1, -0.05) is 24.3 Å². The number of carbonyl (C=O) groups is 1. The van der Waals surface area contributed by atoms with Crippen LogP contribution >= 0.6 is 0 Å². The Labute approximate surface area is 160 Å². The molecule has 0 fully saturated rings. The molecular weight excluding hydrogens is 362 g/mol. The van der Waals surface area contributed by atoms with Crippen LogP contribution in [0.4, 0.5) is 8.78 Å². The second-order valence-electron chi connectivity index (χ2n) is 6.71. The number of fused-ring (bicyclic) bond motifs is 1. The van der Waals surface area contributed by atoms with E-state index in [1.807, 2.05) is 0 Å². The van der Waals surface area contributed by atoms with E-state index >= 15 is 0 Å². The predicted molar refractivity (Wildman–Crippen MR) is 102 cm³/mol. The van der Waals surface area contributed by atoms with Crippen molar-refractivity contribution in [2.75, 3.05) is 7.05 Å². The molecule has 0 aliphatic heterocycles. The molecule has 0 N–H and O–H groups in total. The van der Waals surface area contributed by atoms with Crippen LogP contribution in [-0.4, -0.2) is 22.4 Å². The van der Waals surface area contributed by atoms with Crippen molar-refractivity contribution in [3.8, 4) is 0 Å². The third-order valence-electron chi connectivity index (χ3n) is 4.63. The molecule has 0 saturated carbocycles. The highest BCUT2D eigenvalue weighted by Crippen LogP contribution is 2.24. The van der Waals surface area contributed by atoms with Gasteiger partial charge in [0.15, 0.2) is 5.58 Å². The number of aromatic nitrogens is 1. The number of carbonyl (C=O) groups excluding carboxylic acids is 1. The largest absolute Gasteiger partial charge is 0.463 e. The number of hydrogen-bond acceptors (Lipinski definition) is 2. The molecule has 0 atom stereocenters. The van der Waals surface area contributed by atoms with Crippen LogP contribution in [0.2, 0.25) is 0 Å². The average molecular weight is 380 g/mol. The molecule has 0 aliphatic rings. The van der Waals surface area contributed by atoms with E-state index in [1.54, 1.807) is 54.3 Å². The van der Waals surface area contributed by atoms with Crippen molar-refractivity contribution < 1.29 is 18.0 Å². The third-order valence-corrected chi connectivity index (χ3v) is 4.63.